The fourth-order valence-corrected chi connectivity index (χ4v) is 5.39. The number of aromatic nitrogens is 6. The fraction of sp³-hybridized carbons (Fsp3) is 0.719. The summed E-state index contributed by atoms with van der Waals surface area (Å²) in [5.41, 5.74) is 6.93. The molecule has 0 aliphatic carbocycles. The summed E-state index contributed by atoms with van der Waals surface area (Å²) in [6.07, 6.45) is 7.58. The Hall–Kier alpha value is -4.15. The monoisotopic (exact) mass is 701 g/mol. The van der Waals surface area contributed by atoms with Crippen LogP contribution in [0.1, 0.15) is 50.9 Å². The molecule has 2 saturated heterocycles. The molecule has 2 aromatic heterocycles. The molecule has 4 rings (SSSR count). The van der Waals surface area contributed by atoms with E-state index in [4.69, 9.17) is 41.1 Å². The number of carbonyl (C=O) groups excluding carboxylic acids is 1. The third-order valence-corrected chi connectivity index (χ3v) is 8.60. The van der Waals surface area contributed by atoms with E-state index in [9.17, 15) is 14.7 Å². The van der Waals surface area contributed by atoms with Crippen molar-refractivity contribution in [1.82, 2.24) is 34.8 Å². The molecule has 2 aliphatic heterocycles. The first-order valence-electron chi connectivity index (χ1n) is 17.2. The second kappa shape index (κ2) is 20.5. The number of nitrogens with one attached hydrogen (secondary N) is 1. The van der Waals surface area contributed by atoms with Crippen molar-refractivity contribution >= 4 is 29.7 Å². The highest BCUT2D eigenvalue weighted by molar-refractivity contribution is 5.81. The summed E-state index contributed by atoms with van der Waals surface area (Å²) >= 11 is 0. The van der Waals surface area contributed by atoms with E-state index in [1.165, 1.54) is 4.68 Å². The highest BCUT2D eigenvalue weighted by atomic mass is 16.5. The molecule has 3 atom stereocenters. The van der Waals surface area contributed by atoms with Crippen LogP contribution in [0.3, 0.4) is 0 Å². The summed E-state index contributed by atoms with van der Waals surface area (Å²) in [4.78, 5) is 45.2. The van der Waals surface area contributed by atoms with E-state index in [1.54, 1.807) is 11.1 Å². The van der Waals surface area contributed by atoms with Crippen molar-refractivity contribution in [2.24, 2.45) is 11.7 Å². The molecule has 0 radical (unpaired) electrons. The number of aliphatic carboxylic acids is 1. The highest BCUT2D eigenvalue weighted by Gasteiger charge is 2.32. The maximum Gasteiger partial charge on any atom is 0.303 e. The minimum absolute atomic E-state index is 0.0833. The fourth-order valence-electron chi connectivity index (χ4n) is 5.39. The Morgan fingerprint density at radius 3 is 2.28 bits per heavy atom. The van der Waals surface area contributed by atoms with Gasteiger partial charge in [0.2, 0.25) is 23.8 Å². The summed E-state index contributed by atoms with van der Waals surface area (Å²) < 4.78 is 23.3. The summed E-state index contributed by atoms with van der Waals surface area (Å²) in [7, 11) is 0. The van der Waals surface area contributed by atoms with Gasteiger partial charge in [-0.2, -0.15) is 15.0 Å². The number of carboxylic acids is 1. The zero-order chi connectivity index (χ0) is 35.7. The lowest BCUT2D eigenvalue weighted by molar-refractivity contribution is -0.138. The summed E-state index contributed by atoms with van der Waals surface area (Å²) in [6.45, 7) is 11.2. The molecule has 50 heavy (non-hydrogen) atoms. The van der Waals surface area contributed by atoms with Crippen LogP contribution < -0.4 is 20.9 Å². The molecule has 0 saturated carbocycles. The van der Waals surface area contributed by atoms with Crippen LogP contribution in [0.5, 0.6) is 0 Å². The topological polar surface area (TPSA) is 208 Å². The van der Waals surface area contributed by atoms with Crippen molar-refractivity contribution in [1.29, 1.82) is 0 Å². The number of rotatable bonds is 21. The van der Waals surface area contributed by atoms with E-state index in [2.05, 4.69) is 31.4 Å². The smallest absolute Gasteiger partial charge is 0.303 e. The molecular weight excluding hydrogens is 650 g/mol. The second-order valence-electron chi connectivity index (χ2n) is 12.1. The van der Waals surface area contributed by atoms with Gasteiger partial charge in [-0.05, 0) is 12.3 Å². The van der Waals surface area contributed by atoms with Crippen LogP contribution in [-0.2, 0) is 28.5 Å². The molecule has 4 N–H and O–H groups in total. The maximum absolute atomic E-state index is 13.8. The Labute approximate surface area is 293 Å². The SMILES string of the molecule is C#CCOCCOCCOCCNc1nc(N2CCOCC2)nc(N2CCN(C(=O)[C@H](CCC(=O)O)n3cc(C(N)[C@H](C)CC)nn3)CC2)n1. The van der Waals surface area contributed by atoms with Gasteiger partial charge in [0, 0.05) is 52.2 Å². The average molecular weight is 702 g/mol. The van der Waals surface area contributed by atoms with Crippen molar-refractivity contribution in [3.63, 3.8) is 0 Å². The molecule has 18 nitrogen and oxygen atoms in total. The third-order valence-electron chi connectivity index (χ3n) is 8.60. The van der Waals surface area contributed by atoms with Gasteiger partial charge in [0.25, 0.3) is 0 Å². The molecule has 18 heteroatoms. The van der Waals surface area contributed by atoms with Gasteiger partial charge < -0.3 is 49.8 Å². The largest absolute Gasteiger partial charge is 0.481 e. The first-order valence-corrected chi connectivity index (χ1v) is 17.2. The van der Waals surface area contributed by atoms with Gasteiger partial charge in [-0.15, -0.1) is 11.5 Å². The zero-order valence-corrected chi connectivity index (χ0v) is 29.1. The molecule has 276 valence electrons. The van der Waals surface area contributed by atoms with Gasteiger partial charge in [-0.25, -0.2) is 4.68 Å². The molecule has 4 heterocycles. The number of nitrogens with two attached hydrogens (primary N) is 1. The summed E-state index contributed by atoms with van der Waals surface area (Å²) in [6, 6.07) is -1.15. The predicted octanol–water partition coefficient (Wildman–Crippen LogP) is 0.195. The van der Waals surface area contributed by atoms with Crippen molar-refractivity contribution < 1.29 is 33.6 Å². The van der Waals surface area contributed by atoms with Gasteiger partial charge in [-0.1, -0.05) is 31.4 Å². The number of piperazine rings is 1. The summed E-state index contributed by atoms with van der Waals surface area (Å²) in [5, 5.41) is 21.1. The van der Waals surface area contributed by atoms with Crippen molar-refractivity contribution in [3.8, 4) is 12.3 Å². The van der Waals surface area contributed by atoms with E-state index in [0.29, 0.717) is 116 Å². The molecule has 0 aromatic carbocycles. The standard InChI is InChI=1S/C32H51N11O7/c1-4-15-47-19-21-50-22-20-48-16-8-34-30-35-31(37-32(36-30)42-13-17-49-18-14-42)41-11-9-40(10-12-41)29(46)26(6-7-27(44)45)43-23-25(38-39-43)28(33)24(3)5-2/h1,23-24,26,28H,5-22,33H2,2-3H3,(H,44,45)(H,34,35,36,37)/t24-,26+,28?/m1/s1. The van der Waals surface area contributed by atoms with Crippen LogP contribution in [0, 0.1) is 18.3 Å². The number of amides is 1. The molecule has 1 amide bonds. The van der Waals surface area contributed by atoms with Gasteiger partial charge >= 0.3 is 5.97 Å². The Morgan fingerprint density at radius 2 is 1.64 bits per heavy atom. The Bertz CT molecular complexity index is 1380. The number of hydrogen-bond donors (Lipinski definition) is 3. The van der Waals surface area contributed by atoms with E-state index >= 15 is 0 Å². The van der Waals surface area contributed by atoms with Crippen LogP contribution in [0.25, 0.3) is 0 Å². The van der Waals surface area contributed by atoms with Crippen LogP contribution in [0.4, 0.5) is 17.8 Å². The number of carbonyl (C=O) groups is 2. The number of anilines is 3. The lowest BCUT2D eigenvalue weighted by atomic mass is 9.98. The van der Waals surface area contributed by atoms with E-state index in [0.717, 1.165) is 6.42 Å². The first kappa shape index (κ1) is 38.6. The first-order chi connectivity index (χ1) is 24.3. The lowest BCUT2D eigenvalue weighted by Gasteiger charge is -2.36. The van der Waals surface area contributed by atoms with Crippen LogP contribution in [0.2, 0.25) is 0 Å². The number of nitrogens with zero attached hydrogens (tertiary/aromatic N) is 9. The van der Waals surface area contributed by atoms with Gasteiger partial charge in [0.15, 0.2) is 0 Å². The van der Waals surface area contributed by atoms with E-state index in [1.807, 2.05) is 18.7 Å². The van der Waals surface area contributed by atoms with Gasteiger partial charge in [0.1, 0.15) is 12.6 Å². The van der Waals surface area contributed by atoms with Crippen LogP contribution in [-0.4, -0.2) is 150 Å². The molecule has 2 aromatic rings. The minimum atomic E-state index is -0.987. The van der Waals surface area contributed by atoms with Gasteiger partial charge in [0.05, 0.1) is 64.2 Å². The molecule has 2 fully saturated rings. The average Bonchev–Trinajstić information content (AvgIpc) is 3.63. The van der Waals surface area contributed by atoms with Crippen molar-refractivity contribution in [2.45, 2.75) is 45.2 Å². The third kappa shape index (κ3) is 11.7. The molecular formula is C32H51N11O7. The quantitative estimate of drug-likeness (QED) is 0.117. The number of carboxylic acid groups (broad SMARTS) is 1. The summed E-state index contributed by atoms with van der Waals surface area (Å²) in [5.74, 6) is 2.85. The van der Waals surface area contributed by atoms with E-state index < -0.39 is 12.0 Å². The predicted molar refractivity (Wildman–Crippen MR) is 184 cm³/mol. The van der Waals surface area contributed by atoms with Crippen molar-refractivity contribution in [3.05, 3.63) is 11.9 Å². The molecule has 0 spiro atoms. The number of morpholine rings is 1. The van der Waals surface area contributed by atoms with Crippen LogP contribution >= 0.6 is 0 Å². The minimum Gasteiger partial charge on any atom is -0.481 e. The Kier molecular flexibility index (Phi) is 15.9. The molecule has 1 unspecified atom stereocenters. The number of terminal acetylenes is 1. The Morgan fingerprint density at radius 1 is 1.00 bits per heavy atom. The van der Waals surface area contributed by atoms with Crippen LogP contribution in [0.15, 0.2) is 6.20 Å². The normalized spacial score (nSPS) is 16.9. The van der Waals surface area contributed by atoms with E-state index in [-0.39, 0.29) is 37.3 Å². The highest BCUT2D eigenvalue weighted by Crippen LogP contribution is 2.24. The van der Waals surface area contributed by atoms with Crippen molar-refractivity contribution in [2.75, 3.05) is 114 Å². The molecule has 0 bridgehead atoms. The Balaban J connectivity index is 1.36. The zero-order valence-electron chi connectivity index (χ0n) is 29.1. The number of ether oxygens (including phenoxy) is 4. The number of hydrogen-bond acceptors (Lipinski definition) is 15. The lowest BCUT2D eigenvalue weighted by Crippen LogP contribution is -2.51. The second-order valence-corrected chi connectivity index (χ2v) is 12.1. The molecule has 2 aliphatic rings. The van der Waals surface area contributed by atoms with Gasteiger partial charge in [-0.3, -0.25) is 9.59 Å². The maximum atomic E-state index is 13.8.